The molecule has 0 spiro atoms. The molecule has 0 atom stereocenters. The van der Waals surface area contributed by atoms with Gasteiger partial charge in [0, 0.05) is 28.9 Å². The summed E-state index contributed by atoms with van der Waals surface area (Å²) >= 11 is 0. The van der Waals surface area contributed by atoms with Crippen LogP contribution >= 0.6 is 0 Å². The summed E-state index contributed by atoms with van der Waals surface area (Å²) in [6, 6.07) is 19.3. The van der Waals surface area contributed by atoms with E-state index in [4.69, 9.17) is 10.5 Å². The van der Waals surface area contributed by atoms with Gasteiger partial charge >= 0.3 is 6.09 Å². The Morgan fingerprint density at radius 2 is 1.74 bits per heavy atom. The van der Waals surface area contributed by atoms with Gasteiger partial charge in [-0.2, -0.15) is 0 Å². The minimum Gasteiger partial charge on any atom is -0.443 e. The summed E-state index contributed by atoms with van der Waals surface area (Å²) < 4.78 is 6.80. The number of hydrogen-bond donors (Lipinski definition) is 1. The fourth-order valence-corrected chi connectivity index (χ4v) is 2.65. The molecule has 0 saturated heterocycles. The number of para-hydroxylation sites is 1. The molecular formula is C22H23N3O2. The lowest BCUT2D eigenvalue weighted by Crippen LogP contribution is -2.26. The lowest BCUT2D eigenvalue weighted by molar-refractivity contribution is 0.0544. The molecule has 5 nitrogen and oxygen atoms in total. The van der Waals surface area contributed by atoms with E-state index < -0.39 is 5.60 Å². The quantitative estimate of drug-likeness (QED) is 0.435. The number of ether oxygens (including phenoxy) is 1. The molecule has 2 aromatic heterocycles. The highest BCUT2D eigenvalue weighted by Crippen LogP contribution is 2.20. The van der Waals surface area contributed by atoms with Crippen molar-refractivity contribution in [3.63, 3.8) is 0 Å². The van der Waals surface area contributed by atoms with E-state index in [9.17, 15) is 4.79 Å². The number of pyridine rings is 1. The maximum Gasteiger partial charge on any atom is 0.418 e. The van der Waals surface area contributed by atoms with Crippen molar-refractivity contribution in [3.8, 4) is 0 Å². The van der Waals surface area contributed by atoms with Crippen molar-refractivity contribution >= 4 is 33.6 Å². The third-order valence-corrected chi connectivity index (χ3v) is 3.82. The van der Waals surface area contributed by atoms with Gasteiger partial charge in [0.05, 0.1) is 11.0 Å². The topological polar surface area (TPSA) is 70.1 Å². The van der Waals surface area contributed by atoms with Gasteiger partial charge in [0.15, 0.2) is 0 Å². The van der Waals surface area contributed by atoms with Crippen molar-refractivity contribution in [2.45, 2.75) is 26.4 Å². The lowest BCUT2D eigenvalue weighted by Gasteiger charge is -2.19. The van der Waals surface area contributed by atoms with Gasteiger partial charge in [0.25, 0.3) is 0 Å². The van der Waals surface area contributed by atoms with E-state index in [-0.39, 0.29) is 6.09 Å². The zero-order chi connectivity index (χ0) is 19.4. The standard InChI is InChI=1S/C13H16N2O2.C9H7N/c1-13(2,3)17-12(16)15-7-6-9-8-10(14)4-5-11(9)15;1-2-6-9-8(4-1)5-3-7-10-9/h4-8H,14H2,1-3H3;1-7H. The second kappa shape index (κ2) is 7.50. The van der Waals surface area contributed by atoms with Crippen LogP contribution in [0.2, 0.25) is 0 Å². The number of fused-ring (bicyclic) bond motifs is 2. The Balaban J connectivity index is 0.000000177. The minimum atomic E-state index is -0.499. The Bertz CT molecular complexity index is 1010. The van der Waals surface area contributed by atoms with Crippen molar-refractivity contribution in [2.24, 2.45) is 0 Å². The average molecular weight is 361 g/mol. The molecule has 0 aliphatic heterocycles. The molecule has 0 fully saturated rings. The number of anilines is 1. The predicted molar refractivity (Wildman–Crippen MR) is 110 cm³/mol. The Morgan fingerprint density at radius 1 is 1.00 bits per heavy atom. The normalized spacial score (nSPS) is 11.1. The first-order chi connectivity index (χ1) is 12.8. The van der Waals surface area contributed by atoms with Crippen LogP contribution in [0.25, 0.3) is 21.8 Å². The van der Waals surface area contributed by atoms with Crippen molar-refractivity contribution in [1.82, 2.24) is 9.55 Å². The molecule has 0 saturated carbocycles. The molecule has 0 aliphatic rings. The van der Waals surface area contributed by atoms with Gasteiger partial charge in [0.1, 0.15) is 5.60 Å². The highest BCUT2D eigenvalue weighted by Gasteiger charge is 2.18. The van der Waals surface area contributed by atoms with E-state index in [0.29, 0.717) is 5.69 Å². The van der Waals surface area contributed by atoms with Crippen LogP contribution < -0.4 is 5.73 Å². The van der Waals surface area contributed by atoms with Crippen molar-refractivity contribution in [2.75, 3.05) is 5.73 Å². The van der Waals surface area contributed by atoms with E-state index in [1.165, 1.54) is 9.95 Å². The predicted octanol–water partition coefficient (Wildman–Crippen LogP) is 5.24. The second-order valence-corrected chi connectivity index (χ2v) is 7.18. The third kappa shape index (κ3) is 4.64. The van der Waals surface area contributed by atoms with Crippen LogP contribution in [-0.2, 0) is 4.74 Å². The number of nitrogen functional groups attached to an aromatic ring is 1. The molecule has 0 unspecified atom stereocenters. The number of nitrogens with zero attached hydrogens (tertiary/aromatic N) is 2. The van der Waals surface area contributed by atoms with Crippen molar-refractivity contribution < 1.29 is 9.53 Å². The largest absolute Gasteiger partial charge is 0.443 e. The molecule has 4 aromatic rings. The number of hydrogen-bond acceptors (Lipinski definition) is 4. The molecule has 0 aliphatic carbocycles. The van der Waals surface area contributed by atoms with Gasteiger partial charge in [-0.15, -0.1) is 0 Å². The number of carbonyl (C=O) groups is 1. The molecule has 2 N–H and O–H groups in total. The SMILES string of the molecule is CC(C)(C)OC(=O)n1ccc2cc(N)ccc21.c1ccc2ncccc2c1. The summed E-state index contributed by atoms with van der Waals surface area (Å²) in [6.45, 7) is 5.53. The molecular weight excluding hydrogens is 338 g/mol. The highest BCUT2D eigenvalue weighted by molar-refractivity contribution is 5.91. The molecule has 0 radical (unpaired) electrons. The fourth-order valence-electron chi connectivity index (χ4n) is 2.65. The van der Waals surface area contributed by atoms with Gasteiger partial charge in [-0.25, -0.2) is 4.79 Å². The summed E-state index contributed by atoms with van der Waals surface area (Å²) in [5.41, 5.74) is 7.73. The van der Waals surface area contributed by atoms with Crippen LogP contribution in [-0.4, -0.2) is 21.2 Å². The van der Waals surface area contributed by atoms with Crippen LogP contribution in [0.15, 0.2) is 73.1 Å². The van der Waals surface area contributed by atoms with Gasteiger partial charge in [0.2, 0.25) is 0 Å². The van der Waals surface area contributed by atoms with Crippen LogP contribution in [0.1, 0.15) is 20.8 Å². The maximum absolute atomic E-state index is 11.9. The number of rotatable bonds is 0. The summed E-state index contributed by atoms with van der Waals surface area (Å²) in [4.78, 5) is 16.1. The van der Waals surface area contributed by atoms with Gasteiger partial charge in [-0.05, 0) is 57.2 Å². The minimum absolute atomic E-state index is 0.378. The van der Waals surface area contributed by atoms with Crippen LogP contribution in [0.4, 0.5) is 10.5 Å². The summed E-state index contributed by atoms with van der Waals surface area (Å²) in [5.74, 6) is 0. The van der Waals surface area contributed by atoms with E-state index in [1.54, 1.807) is 12.3 Å². The van der Waals surface area contributed by atoms with Crippen LogP contribution in [0.3, 0.4) is 0 Å². The molecule has 27 heavy (non-hydrogen) atoms. The van der Waals surface area contributed by atoms with Gasteiger partial charge in [-0.3, -0.25) is 9.55 Å². The average Bonchev–Trinajstić information content (AvgIpc) is 3.04. The fraction of sp³-hybridized carbons (Fsp3) is 0.182. The number of aromatic nitrogens is 2. The number of carbonyl (C=O) groups excluding carboxylic acids is 1. The molecule has 0 amide bonds. The smallest absolute Gasteiger partial charge is 0.418 e. The van der Waals surface area contributed by atoms with E-state index in [2.05, 4.69) is 17.1 Å². The van der Waals surface area contributed by atoms with E-state index in [1.807, 2.05) is 69.4 Å². The van der Waals surface area contributed by atoms with Gasteiger partial charge in [-0.1, -0.05) is 24.3 Å². The molecule has 2 aromatic carbocycles. The molecule has 2 heterocycles. The van der Waals surface area contributed by atoms with Crippen LogP contribution in [0, 0.1) is 0 Å². The molecule has 4 rings (SSSR count). The molecule has 0 bridgehead atoms. The van der Waals surface area contributed by atoms with Crippen LogP contribution in [0.5, 0.6) is 0 Å². The Morgan fingerprint density at radius 3 is 2.48 bits per heavy atom. The monoisotopic (exact) mass is 361 g/mol. The van der Waals surface area contributed by atoms with Crippen molar-refractivity contribution in [1.29, 1.82) is 0 Å². The van der Waals surface area contributed by atoms with Gasteiger partial charge < -0.3 is 10.5 Å². The van der Waals surface area contributed by atoms with E-state index in [0.717, 1.165) is 16.4 Å². The molecule has 5 heteroatoms. The Labute approximate surface area is 158 Å². The van der Waals surface area contributed by atoms with E-state index >= 15 is 0 Å². The van der Waals surface area contributed by atoms with Crippen molar-refractivity contribution in [3.05, 3.63) is 73.1 Å². The first-order valence-electron chi connectivity index (χ1n) is 8.73. The zero-order valence-corrected chi connectivity index (χ0v) is 15.7. The highest BCUT2D eigenvalue weighted by atomic mass is 16.6. The third-order valence-electron chi connectivity index (χ3n) is 3.82. The number of nitrogens with two attached hydrogens (primary N) is 1. The summed E-state index contributed by atoms with van der Waals surface area (Å²) in [7, 11) is 0. The second-order valence-electron chi connectivity index (χ2n) is 7.18. The summed E-state index contributed by atoms with van der Waals surface area (Å²) in [6.07, 6.45) is 3.12. The first kappa shape index (κ1) is 18.5. The summed E-state index contributed by atoms with van der Waals surface area (Å²) in [5, 5.41) is 2.13. The Hall–Kier alpha value is -3.34. The maximum atomic E-state index is 11.9. The zero-order valence-electron chi connectivity index (χ0n) is 15.7. The first-order valence-corrected chi connectivity index (χ1v) is 8.73. The lowest BCUT2D eigenvalue weighted by atomic mass is 10.2. The Kier molecular flexibility index (Phi) is 5.12. The molecule has 138 valence electrons. The number of benzene rings is 2.